The summed E-state index contributed by atoms with van der Waals surface area (Å²) < 4.78 is 1.12. The second-order valence-electron chi connectivity index (χ2n) is 3.27. The van der Waals surface area contributed by atoms with Crippen molar-refractivity contribution in [2.24, 2.45) is 0 Å². The van der Waals surface area contributed by atoms with E-state index < -0.39 is 0 Å². The first-order valence-corrected chi connectivity index (χ1v) is 5.38. The van der Waals surface area contributed by atoms with Crippen molar-refractivity contribution in [3.8, 4) is 0 Å². The van der Waals surface area contributed by atoms with E-state index in [1.54, 1.807) is 0 Å². The maximum Gasteiger partial charge on any atom is 0.0471 e. The van der Waals surface area contributed by atoms with Crippen LogP contribution in [0.3, 0.4) is 0 Å². The number of aliphatic hydroxyl groups excluding tert-OH is 1. The Morgan fingerprint density at radius 3 is 2.79 bits per heavy atom. The van der Waals surface area contributed by atoms with Crippen LogP contribution in [-0.4, -0.2) is 11.7 Å². The van der Waals surface area contributed by atoms with Gasteiger partial charge in [-0.25, -0.2) is 0 Å². The predicted molar refractivity (Wildman–Crippen MR) is 62.4 cm³/mol. The van der Waals surface area contributed by atoms with Gasteiger partial charge in [0.15, 0.2) is 0 Å². The number of hydrogen-bond acceptors (Lipinski definition) is 1. The molecule has 1 nitrogen and oxygen atoms in total. The summed E-state index contributed by atoms with van der Waals surface area (Å²) in [6, 6.07) is 12.4. The lowest BCUT2D eigenvalue weighted by Gasteiger charge is -2.03. The molecule has 0 bridgehead atoms. The standard InChI is InChI=1S/C12H11BrO/c13-12-3-1-2-10-8-9(6-7-14)4-5-11(10)12/h1-5,8,14H,6-7H2. The van der Waals surface area contributed by atoms with Gasteiger partial charge in [0.1, 0.15) is 0 Å². The van der Waals surface area contributed by atoms with Crippen LogP contribution in [0.5, 0.6) is 0 Å². The number of aliphatic hydroxyl groups is 1. The molecule has 14 heavy (non-hydrogen) atoms. The van der Waals surface area contributed by atoms with Crippen LogP contribution < -0.4 is 0 Å². The molecule has 0 unspecified atom stereocenters. The van der Waals surface area contributed by atoms with Crippen LogP contribution >= 0.6 is 15.9 Å². The van der Waals surface area contributed by atoms with Gasteiger partial charge in [-0.15, -0.1) is 0 Å². The highest BCUT2D eigenvalue weighted by Crippen LogP contribution is 2.24. The van der Waals surface area contributed by atoms with Crippen molar-refractivity contribution in [2.75, 3.05) is 6.61 Å². The van der Waals surface area contributed by atoms with E-state index in [0.717, 1.165) is 10.9 Å². The van der Waals surface area contributed by atoms with Crippen molar-refractivity contribution in [1.82, 2.24) is 0 Å². The van der Waals surface area contributed by atoms with Crippen molar-refractivity contribution < 1.29 is 5.11 Å². The molecule has 0 radical (unpaired) electrons. The fourth-order valence-corrected chi connectivity index (χ4v) is 2.09. The highest BCUT2D eigenvalue weighted by atomic mass is 79.9. The van der Waals surface area contributed by atoms with Crippen LogP contribution in [0.15, 0.2) is 40.9 Å². The van der Waals surface area contributed by atoms with E-state index in [2.05, 4.69) is 40.2 Å². The van der Waals surface area contributed by atoms with E-state index in [1.807, 2.05) is 12.1 Å². The minimum absolute atomic E-state index is 0.208. The molecular weight excluding hydrogens is 240 g/mol. The molecule has 0 saturated heterocycles. The smallest absolute Gasteiger partial charge is 0.0471 e. The van der Waals surface area contributed by atoms with Crippen molar-refractivity contribution >= 4 is 26.7 Å². The van der Waals surface area contributed by atoms with Gasteiger partial charge in [0.05, 0.1) is 0 Å². The number of rotatable bonds is 2. The van der Waals surface area contributed by atoms with E-state index in [-0.39, 0.29) is 6.61 Å². The van der Waals surface area contributed by atoms with Gasteiger partial charge in [-0.1, -0.05) is 46.3 Å². The summed E-state index contributed by atoms with van der Waals surface area (Å²) in [6.45, 7) is 0.208. The van der Waals surface area contributed by atoms with Gasteiger partial charge in [-0.05, 0) is 28.8 Å². The Kier molecular flexibility index (Phi) is 2.85. The van der Waals surface area contributed by atoms with Gasteiger partial charge in [0.2, 0.25) is 0 Å². The first-order valence-electron chi connectivity index (χ1n) is 4.59. The van der Waals surface area contributed by atoms with Gasteiger partial charge in [0, 0.05) is 11.1 Å². The lowest BCUT2D eigenvalue weighted by molar-refractivity contribution is 0.299. The molecule has 2 aromatic rings. The third kappa shape index (κ3) is 1.81. The maximum absolute atomic E-state index is 8.84. The van der Waals surface area contributed by atoms with E-state index in [9.17, 15) is 0 Å². The van der Waals surface area contributed by atoms with Crippen molar-refractivity contribution in [3.63, 3.8) is 0 Å². The molecule has 0 atom stereocenters. The second kappa shape index (κ2) is 4.11. The van der Waals surface area contributed by atoms with Crippen molar-refractivity contribution in [3.05, 3.63) is 46.4 Å². The van der Waals surface area contributed by atoms with Gasteiger partial charge in [-0.3, -0.25) is 0 Å². The topological polar surface area (TPSA) is 20.2 Å². The van der Waals surface area contributed by atoms with Gasteiger partial charge < -0.3 is 5.11 Å². The molecule has 1 N–H and O–H groups in total. The van der Waals surface area contributed by atoms with Gasteiger partial charge in [-0.2, -0.15) is 0 Å². The van der Waals surface area contributed by atoms with E-state index >= 15 is 0 Å². The molecule has 0 fully saturated rings. The number of hydrogen-bond donors (Lipinski definition) is 1. The number of fused-ring (bicyclic) bond motifs is 1. The summed E-state index contributed by atoms with van der Waals surface area (Å²) in [4.78, 5) is 0. The van der Waals surface area contributed by atoms with Crippen LogP contribution in [0.25, 0.3) is 10.8 Å². The normalized spacial score (nSPS) is 10.7. The molecule has 0 spiro atoms. The average Bonchev–Trinajstić information content (AvgIpc) is 2.18. The van der Waals surface area contributed by atoms with Gasteiger partial charge >= 0.3 is 0 Å². The van der Waals surface area contributed by atoms with Crippen LogP contribution in [0, 0.1) is 0 Å². The molecule has 2 heteroatoms. The quantitative estimate of drug-likeness (QED) is 0.869. The molecule has 72 valence electrons. The van der Waals surface area contributed by atoms with Crippen LogP contribution in [0.4, 0.5) is 0 Å². The molecule has 0 aliphatic heterocycles. The summed E-state index contributed by atoms with van der Waals surface area (Å²) in [5.74, 6) is 0. The van der Waals surface area contributed by atoms with Crippen LogP contribution in [0.2, 0.25) is 0 Å². The molecular formula is C12H11BrO. The van der Waals surface area contributed by atoms with Gasteiger partial charge in [0.25, 0.3) is 0 Å². The van der Waals surface area contributed by atoms with Crippen LogP contribution in [-0.2, 0) is 6.42 Å². The Morgan fingerprint density at radius 1 is 1.14 bits per heavy atom. The molecule has 0 heterocycles. The molecule has 0 aliphatic carbocycles. The lowest BCUT2D eigenvalue weighted by atomic mass is 10.1. The van der Waals surface area contributed by atoms with E-state index in [4.69, 9.17) is 5.11 Å². The first-order chi connectivity index (χ1) is 6.81. The molecule has 0 saturated carbocycles. The summed E-state index contributed by atoms with van der Waals surface area (Å²) in [7, 11) is 0. The third-order valence-corrected chi connectivity index (χ3v) is 2.98. The van der Waals surface area contributed by atoms with Crippen molar-refractivity contribution in [2.45, 2.75) is 6.42 Å². The summed E-state index contributed by atoms with van der Waals surface area (Å²) in [5.41, 5.74) is 1.18. The second-order valence-corrected chi connectivity index (χ2v) is 4.12. The zero-order valence-corrected chi connectivity index (χ0v) is 9.29. The van der Waals surface area contributed by atoms with E-state index in [0.29, 0.717) is 0 Å². The minimum Gasteiger partial charge on any atom is -0.396 e. The summed E-state index contributed by atoms with van der Waals surface area (Å²) in [5, 5.41) is 11.3. The largest absolute Gasteiger partial charge is 0.396 e. The summed E-state index contributed by atoms with van der Waals surface area (Å²) >= 11 is 3.51. The SMILES string of the molecule is OCCc1ccc2c(Br)cccc2c1. The zero-order valence-electron chi connectivity index (χ0n) is 7.70. The Bertz CT molecular complexity index is 451. The van der Waals surface area contributed by atoms with E-state index in [1.165, 1.54) is 16.3 Å². The summed E-state index contributed by atoms with van der Waals surface area (Å²) in [6.07, 6.45) is 0.725. The fourth-order valence-electron chi connectivity index (χ4n) is 1.58. The Hall–Kier alpha value is -0.860. The lowest BCUT2D eigenvalue weighted by Crippen LogP contribution is -1.89. The molecule has 2 aromatic carbocycles. The molecule has 0 amide bonds. The highest BCUT2D eigenvalue weighted by Gasteiger charge is 1.98. The Morgan fingerprint density at radius 2 is 2.00 bits per heavy atom. The van der Waals surface area contributed by atoms with Crippen molar-refractivity contribution in [1.29, 1.82) is 0 Å². The molecule has 2 rings (SSSR count). The molecule has 0 aliphatic rings. The highest BCUT2D eigenvalue weighted by molar-refractivity contribution is 9.10. The minimum atomic E-state index is 0.208. The molecule has 0 aromatic heterocycles. The number of benzene rings is 2. The predicted octanol–water partition coefficient (Wildman–Crippen LogP) is 3.14. The monoisotopic (exact) mass is 250 g/mol. The Balaban J connectivity index is 2.56. The first kappa shape index (κ1) is 9.69. The maximum atomic E-state index is 8.84. The Labute approximate surface area is 91.5 Å². The zero-order chi connectivity index (χ0) is 9.97. The average molecular weight is 251 g/mol. The number of halogens is 1. The van der Waals surface area contributed by atoms with Crippen LogP contribution in [0.1, 0.15) is 5.56 Å². The fraction of sp³-hybridized carbons (Fsp3) is 0.167. The third-order valence-electron chi connectivity index (χ3n) is 2.29.